The summed E-state index contributed by atoms with van der Waals surface area (Å²) in [6, 6.07) is 16.2. The number of carbonyl (C=O) groups is 1. The Morgan fingerprint density at radius 1 is 1.00 bits per heavy atom. The number of rotatable bonds is 4. The summed E-state index contributed by atoms with van der Waals surface area (Å²) in [5.74, 6) is -0.323. The number of aryl methyl sites for hydroxylation is 2. The predicted molar refractivity (Wildman–Crippen MR) is 121 cm³/mol. The van der Waals surface area contributed by atoms with Crippen LogP contribution in [0.3, 0.4) is 0 Å². The molecule has 1 N–H and O–H groups in total. The molecule has 30 heavy (non-hydrogen) atoms. The molecule has 1 amide bonds. The van der Waals surface area contributed by atoms with E-state index in [9.17, 15) is 14.4 Å². The molecule has 0 spiro atoms. The first-order chi connectivity index (χ1) is 14.4. The van der Waals surface area contributed by atoms with Crippen LogP contribution in [0.25, 0.3) is 15.9 Å². The molecule has 6 nitrogen and oxygen atoms in total. The summed E-state index contributed by atoms with van der Waals surface area (Å²) in [7, 11) is 0. The van der Waals surface area contributed by atoms with Crippen molar-refractivity contribution in [2.24, 2.45) is 0 Å². The number of hydrogen-bond acceptors (Lipinski definition) is 4. The third-order valence-electron chi connectivity index (χ3n) is 5.13. The molecular formula is C23H21N3O3S. The van der Waals surface area contributed by atoms with E-state index in [0.29, 0.717) is 21.6 Å². The summed E-state index contributed by atoms with van der Waals surface area (Å²) in [5.41, 5.74) is 2.32. The van der Waals surface area contributed by atoms with Crippen LogP contribution in [-0.4, -0.2) is 15.0 Å². The topological polar surface area (TPSA) is 73.1 Å². The van der Waals surface area contributed by atoms with Gasteiger partial charge in [-0.1, -0.05) is 30.3 Å². The summed E-state index contributed by atoms with van der Waals surface area (Å²) in [6.45, 7) is 5.61. The fourth-order valence-electron chi connectivity index (χ4n) is 3.43. The molecule has 7 heteroatoms. The second kappa shape index (κ2) is 7.76. The maximum absolute atomic E-state index is 13.3. The van der Waals surface area contributed by atoms with Crippen molar-refractivity contribution >= 4 is 33.1 Å². The fraction of sp³-hybridized carbons (Fsp3) is 0.174. The van der Waals surface area contributed by atoms with Gasteiger partial charge in [0.25, 0.3) is 5.56 Å². The average Bonchev–Trinajstić information content (AvgIpc) is 3.11. The average molecular weight is 420 g/mol. The molecule has 0 bridgehead atoms. The van der Waals surface area contributed by atoms with Crippen LogP contribution in [0.5, 0.6) is 0 Å². The highest BCUT2D eigenvalue weighted by Crippen LogP contribution is 2.22. The van der Waals surface area contributed by atoms with Gasteiger partial charge in [0, 0.05) is 10.6 Å². The molecular weight excluding hydrogens is 398 g/mol. The maximum atomic E-state index is 13.3. The largest absolute Gasteiger partial charge is 0.337 e. The third-order valence-corrected chi connectivity index (χ3v) is 6.20. The van der Waals surface area contributed by atoms with Crippen molar-refractivity contribution < 1.29 is 4.79 Å². The molecule has 152 valence electrons. The minimum atomic E-state index is -0.531. The predicted octanol–water partition coefficient (Wildman–Crippen LogP) is 3.78. The van der Waals surface area contributed by atoms with E-state index in [1.54, 1.807) is 30.3 Å². The quantitative estimate of drug-likeness (QED) is 0.547. The summed E-state index contributed by atoms with van der Waals surface area (Å²) < 4.78 is 2.50. The van der Waals surface area contributed by atoms with Crippen molar-refractivity contribution in [1.29, 1.82) is 0 Å². The van der Waals surface area contributed by atoms with Crippen LogP contribution in [0.4, 0.5) is 5.69 Å². The standard InChI is InChI=1S/C23H21N3O3S/c1-14-8-7-11-19(16(14)3)24-20(27)13-25-22-18(12-15(2)30-22)21(28)26(23(25)29)17-9-5-4-6-10-17/h4-12H,13H2,1-3H3,(H,24,27). The molecule has 0 fully saturated rings. The van der Waals surface area contributed by atoms with E-state index < -0.39 is 5.69 Å². The maximum Gasteiger partial charge on any atom is 0.337 e. The van der Waals surface area contributed by atoms with Gasteiger partial charge in [-0.2, -0.15) is 0 Å². The number of nitrogens with zero attached hydrogens (tertiary/aromatic N) is 2. The number of carbonyl (C=O) groups excluding carboxylic acids is 1. The fourth-order valence-corrected chi connectivity index (χ4v) is 4.43. The Bertz CT molecular complexity index is 1380. The van der Waals surface area contributed by atoms with Crippen molar-refractivity contribution in [2.45, 2.75) is 27.3 Å². The highest BCUT2D eigenvalue weighted by atomic mass is 32.1. The van der Waals surface area contributed by atoms with Gasteiger partial charge in [0.15, 0.2) is 0 Å². The molecule has 0 radical (unpaired) electrons. The molecule has 0 atom stereocenters. The molecule has 4 rings (SSSR count). The van der Waals surface area contributed by atoms with Gasteiger partial charge in [-0.15, -0.1) is 11.3 Å². The lowest BCUT2D eigenvalue weighted by molar-refractivity contribution is -0.116. The molecule has 0 aliphatic carbocycles. The first-order valence-corrected chi connectivity index (χ1v) is 10.4. The van der Waals surface area contributed by atoms with Gasteiger partial charge in [-0.05, 0) is 56.2 Å². The Balaban J connectivity index is 1.82. The summed E-state index contributed by atoms with van der Waals surface area (Å²) in [4.78, 5) is 40.5. The summed E-state index contributed by atoms with van der Waals surface area (Å²) in [6.07, 6.45) is 0. The van der Waals surface area contributed by atoms with Crippen LogP contribution in [0, 0.1) is 20.8 Å². The first-order valence-electron chi connectivity index (χ1n) is 9.54. The molecule has 0 aliphatic rings. The normalized spacial score (nSPS) is 11.0. The minimum Gasteiger partial charge on any atom is -0.324 e. The number of aromatic nitrogens is 2. The van der Waals surface area contributed by atoms with Gasteiger partial charge in [0.1, 0.15) is 11.4 Å². The SMILES string of the molecule is Cc1cc2c(=O)n(-c3ccccc3)c(=O)n(CC(=O)Nc3cccc(C)c3C)c2s1. The second-order valence-corrected chi connectivity index (χ2v) is 8.45. The van der Waals surface area contributed by atoms with E-state index in [1.807, 2.05) is 45.0 Å². The van der Waals surface area contributed by atoms with Crippen LogP contribution < -0.4 is 16.6 Å². The van der Waals surface area contributed by atoms with E-state index in [-0.39, 0.29) is 18.0 Å². The number of amides is 1. The van der Waals surface area contributed by atoms with E-state index in [4.69, 9.17) is 0 Å². The molecule has 4 aromatic rings. The van der Waals surface area contributed by atoms with Crippen molar-refractivity contribution in [3.05, 3.63) is 91.4 Å². The highest BCUT2D eigenvalue weighted by molar-refractivity contribution is 7.18. The van der Waals surface area contributed by atoms with Crippen molar-refractivity contribution in [3.63, 3.8) is 0 Å². The number of hydrogen-bond donors (Lipinski definition) is 1. The van der Waals surface area contributed by atoms with E-state index in [0.717, 1.165) is 20.6 Å². The Kier molecular flexibility index (Phi) is 5.13. The number of anilines is 1. The van der Waals surface area contributed by atoms with Crippen molar-refractivity contribution in [1.82, 2.24) is 9.13 Å². The number of nitrogens with one attached hydrogen (secondary N) is 1. The van der Waals surface area contributed by atoms with Gasteiger partial charge in [0.05, 0.1) is 11.1 Å². The lowest BCUT2D eigenvalue weighted by atomic mass is 10.1. The van der Waals surface area contributed by atoms with Crippen LogP contribution in [-0.2, 0) is 11.3 Å². The van der Waals surface area contributed by atoms with E-state index >= 15 is 0 Å². The van der Waals surface area contributed by atoms with Gasteiger partial charge in [-0.25, -0.2) is 9.36 Å². The molecule has 2 heterocycles. The molecule has 2 aromatic heterocycles. The van der Waals surface area contributed by atoms with Crippen LogP contribution in [0.1, 0.15) is 16.0 Å². The summed E-state index contributed by atoms with van der Waals surface area (Å²) in [5, 5.41) is 3.32. The van der Waals surface area contributed by atoms with Crippen LogP contribution >= 0.6 is 11.3 Å². The second-order valence-electron chi connectivity index (χ2n) is 7.22. The van der Waals surface area contributed by atoms with Crippen LogP contribution in [0.15, 0.2) is 64.2 Å². The number of thiophene rings is 1. The van der Waals surface area contributed by atoms with E-state index in [2.05, 4.69) is 5.32 Å². The smallest absolute Gasteiger partial charge is 0.324 e. The number of fused-ring (bicyclic) bond motifs is 1. The Labute approximate surface area is 177 Å². The molecule has 0 aliphatic heterocycles. The number of para-hydroxylation sites is 1. The third kappa shape index (κ3) is 3.48. The molecule has 0 unspecified atom stereocenters. The Morgan fingerprint density at radius 2 is 1.73 bits per heavy atom. The molecule has 0 saturated carbocycles. The Hall–Kier alpha value is -3.45. The highest BCUT2D eigenvalue weighted by Gasteiger charge is 2.19. The number of benzene rings is 2. The lowest BCUT2D eigenvalue weighted by Gasteiger charge is -2.13. The minimum absolute atomic E-state index is 0.185. The van der Waals surface area contributed by atoms with Crippen LogP contribution in [0.2, 0.25) is 0 Å². The lowest BCUT2D eigenvalue weighted by Crippen LogP contribution is -2.40. The van der Waals surface area contributed by atoms with Gasteiger partial charge < -0.3 is 5.32 Å². The van der Waals surface area contributed by atoms with Crippen molar-refractivity contribution in [3.8, 4) is 5.69 Å². The van der Waals surface area contributed by atoms with Gasteiger partial charge in [0.2, 0.25) is 5.91 Å². The zero-order valence-corrected chi connectivity index (χ0v) is 17.7. The van der Waals surface area contributed by atoms with Gasteiger partial charge in [-0.3, -0.25) is 14.2 Å². The summed E-state index contributed by atoms with van der Waals surface area (Å²) >= 11 is 1.33. The zero-order valence-electron chi connectivity index (χ0n) is 16.9. The van der Waals surface area contributed by atoms with Crippen molar-refractivity contribution in [2.75, 3.05) is 5.32 Å². The molecule has 0 saturated heterocycles. The first kappa shape index (κ1) is 19.8. The Morgan fingerprint density at radius 3 is 2.47 bits per heavy atom. The van der Waals surface area contributed by atoms with Gasteiger partial charge >= 0.3 is 5.69 Å². The zero-order chi connectivity index (χ0) is 21.4. The van der Waals surface area contributed by atoms with E-state index in [1.165, 1.54) is 15.9 Å². The monoisotopic (exact) mass is 419 g/mol. The molecule has 2 aromatic carbocycles.